The number of nitrogens with zero attached hydrogens (tertiary/aromatic N) is 5. The highest BCUT2D eigenvalue weighted by Crippen LogP contribution is 2.42. The molecule has 0 radical (unpaired) electrons. The summed E-state index contributed by atoms with van der Waals surface area (Å²) < 4.78 is 27.9. The fourth-order valence-corrected chi connectivity index (χ4v) is 5.55. The van der Waals surface area contributed by atoms with Gasteiger partial charge >= 0.3 is 0 Å². The summed E-state index contributed by atoms with van der Waals surface area (Å²) in [6.07, 6.45) is 7.54. The van der Waals surface area contributed by atoms with Crippen LogP contribution in [-0.4, -0.2) is 59.2 Å². The van der Waals surface area contributed by atoms with E-state index in [9.17, 15) is 13.2 Å². The second kappa shape index (κ2) is 8.17. The zero-order valence-electron chi connectivity index (χ0n) is 20.7. The molecule has 0 bridgehead atoms. The van der Waals surface area contributed by atoms with Gasteiger partial charge in [-0.25, -0.2) is 17.9 Å². The minimum absolute atomic E-state index is 0.109. The highest BCUT2D eigenvalue weighted by Gasteiger charge is 2.40. The van der Waals surface area contributed by atoms with E-state index in [1.165, 1.54) is 24.2 Å². The molecule has 0 unspecified atom stereocenters. The zero-order valence-corrected chi connectivity index (χ0v) is 21.5. The molecule has 3 heterocycles. The maximum Gasteiger partial charge on any atom is 0.256 e. The number of amides is 1. The Hall–Kier alpha value is -3.18. The van der Waals surface area contributed by atoms with Gasteiger partial charge in [-0.15, -0.1) is 5.10 Å². The van der Waals surface area contributed by atoms with Crippen molar-refractivity contribution in [1.82, 2.24) is 24.8 Å². The molecule has 1 atom stereocenters. The van der Waals surface area contributed by atoms with Gasteiger partial charge in [-0.3, -0.25) is 9.10 Å². The third-order valence-electron chi connectivity index (χ3n) is 7.70. The monoisotopic (exact) mass is 509 g/mol. The molecule has 3 aromatic rings. The molecule has 2 aromatic heterocycles. The Morgan fingerprint density at radius 3 is 2.67 bits per heavy atom. The third kappa shape index (κ3) is 4.00. The number of carbonyl (C=O) groups excluding carboxylic acids is 1. The second-order valence-electron chi connectivity index (χ2n) is 10.4. The van der Waals surface area contributed by atoms with E-state index in [-0.39, 0.29) is 11.9 Å². The van der Waals surface area contributed by atoms with Crippen molar-refractivity contribution in [3.63, 3.8) is 0 Å². The number of hydrogen-bond donors (Lipinski definition) is 2. The first-order valence-electron chi connectivity index (χ1n) is 12.4. The van der Waals surface area contributed by atoms with Crippen molar-refractivity contribution < 1.29 is 13.2 Å². The summed E-state index contributed by atoms with van der Waals surface area (Å²) >= 11 is 0. The van der Waals surface area contributed by atoms with Crippen LogP contribution in [0.2, 0.25) is 0 Å². The molecule has 10 nitrogen and oxygen atoms in total. The molecule has 0 spiro atoms. The molecule has 0 saturated heterocycles. The lowest BCUT2D eigenvalue weighted by molar-refractivity contribution is 0.0698. The number of sulfonamides is 1. The topological polar surface area (TPSA) is 126 Å². The first kappa shape index (κ1) is 23.2. The van der Waals surface area contributed by atoms with Gasteiger partial charge in [0.2, 0.25) is 10.0 Å². The number of aromatic nitrogens is 3. The highest BCUT2D eigenvalue weighted by molar-refractivity contribution is 7.92. The molecular formula is C25H31N7O3S. The SMILES string of the molecule is C[C@@H](C1CC1)N1Cc2cc(-c3ccn4nc(N)c(CNC5CC5)c4n3)cc(N(C)S(C)(=O)=O)c2C1=O. The molecule has 1 aliphatic heterocycles. The van der Waals surface area contributed by atoms with Crippen LogP contribution in [0, 0.1) is 5.92 Å². The van der Waals surface area contributed by atoms with Crippen LogP contribution in [0.3, 0.4) is 0 Å². The summed E-state index contributed by atoms with van der Waals surface area (Å²) in [6, 6.07) is 6.20. The van der Waals surface area contributed by atoms with Crippen LogP contribution < -0.4 is 15.4 Å². The number of rotatable bonds is 8. The van der Waals surface area contributed by atoms with Crippen LogP contribution in [0.1, 0.15) is 54.1 Å². The van der Waals surface area contributed by atoms with Gasteiger partial charge in [-0.2, -0.15) is 0 Å². The van der Waals surface area contributed by atoms with Crippen LogP contribution in [0.15, 0.2) is 24.4 Å². The average Bonchev–Trinajstić information content (AvgIpc) is 3.76. The van der Waals surface area contributed by atoms with E-state index >= 15 is 0 Å². The van der Waals surface area contributed by atoms with Crippen molar-refractivity contribution in [1.29, 1.82) is 0 Å². The second-order valence-corrected chi connectivity index (χ2v) is 12.4. The molecule has 2 fully saturated rings. The summed E-state index contributed by atoms with van der Waals surface area (Å²) in [5.41, 5.74) is 10.8. The molecule has 6 rings (SSSR count). The molecule has 3 aliphatic rings. The summed E-state index contributed by atoms with van der Waals surface area (Å²) in [5.74, 6) is 0.842. The zero-order chi connectivity index (χ0) is 25.4. The van der Waals surface area contributed by atoms with E-state index < -0.39 is 10.0 Å². The van der Waals surface area contributed by atoms with Gasteiger partial charge in [0.15, 0.2) is 11.5 Å². The summed E-state index contributed by atoms with van der Waals surface area (Å²) in [7, 11) is -2.09. The number of carbonyl (C=O) groups is 1. The molecule has 2 aliphatic carbocycles. The quantitative estimate of drug-likeness (QED) is 0.477. The minimum atomic E-state index is -3.59. The van der Waals surface area contributed by atoms with E-state index in [0.717, 1.165) is 35.8 Å². The van der Waals surface area contributed by atoms with E-state index in [0.29, 0.717) is 53.5 Å². The van der Waals surface area contributed by atoms with Crippen LogP contribution in [-0.2, 0) is 23.1 Å². The molecule has 190 valence electrons. The Morgan fingerprint density at radius 1 is 1.25 bits per heavy atom. The minimum Gasteiger partial charge on any atom is -0.382 e. The van der Waals surface area contributed by atoms with Gasteiger partial charge < -0.3 is 16.0 Å². The van der Waals surface area contributed by atoms with Crippen LogP contribution >= 0.6 is 0 Å². The fraction of sp³-hybridized carbons (Fsp3) is 0.480. The molecule has 1 aromatic carbocycles. The Balaban J connectivity index is 1.45. The summed E-state index contributed by atoms with van der Waals surface area (Å²) in [4.78, 5) is 20.2. The predicted octanol–water partition coefficient (Wildman–Crippen LogP) is 2.38. The number of benzene rings is 1. The van der Waals surface area contributed by atoms with Crippen molar-refractivity contribution in [2.45, 2.75) is 57.8 Å². The van der Waals surface area contributed by atoms with Gasteiger partial charge in [-0.05, 0) is 62.3 Å². The molecule has 11 heteroatoms. The number of nitrogens with two attached hydrogens (primary N) is 1. The van der Waals surface area contributed by atoms with Crippen molar-refractivity contribution in [2.24, 2.45) is 5.92 Å². The van der Waals surface area contributed by atoms with Crippen LogP contribution in [0.25, 0.3) is 16.9 Å². The van der Waals surface area contributed by atoms with Crippen LogP contribution in [0.5, 0.6) is 0 Å². The standard InChI is InChI=1S/C25H31N7O3S/c1-14(15-4-5-15)31-13-17-10-16(11-21(22(17)25(31)33)30(2)36(3,34)35)20-8-9-32-24(28-20)19(23(26)29-32)12-27-18-6-7-18/h8-11,14-15,18,27H,4-7,12-13H2,1-3H3,(H2,26,29)/t14-/m0/s1. The molecule has 1 amide bonds. The Kier molecular flexibility index (Phi) is 5.27. The number of hydrogen-bond acceptors (Lipinski definition) is 7. The van der Waals surface area contributed by atoms with Gasteiger partial charge in [0.1, 0.15) is 0 Å². The highest BCUT2D eigenvalue weighted by atomic mass is 32.2. The lowest BCUT2D eigenvalue weighted by atomic mass is 10.0. The van der Waals surface area contributed by atoms with E-state index in [2.05, 4.69) is 17.3 Å². The number of nitrogens with one attached hydrogen (secondary N) is 1. The largest absolute Gasteiger partial charge is 0.382 e. The van der Waals surface area contributed by atoms with Crippen molar-refractivity contribution in [3.8, 4) is 11.3 Å². The Morgan fingerprint density at radius 2 is 2.00 bits per heavy atom. The molecule has 2 saturated carbocycles. The fourth-order valence-electron chi connectivity index (χ4n) is 5.05. The smallest absolute Gasteiger partial charge is 0.256 e. The normalized spacial score (nSPS) is 18.6. The predicted molar refractivity (Wildman–Crippen MR) is 138 cm³/mol. The lowest BCUT2D eigenvalue weighted by Crippen LogP contribution is -2.35. The Labute approximate surface area is 210 Å². The maximum atomic E-state index is 13.5. The van der Waals surface area contributed by atoms with Gasteiger partial charge in [-0.1, -0.05) is 0 Å². The van der Waals surface area contributed by atoms with E-state index in [1.54, 1.807) is 10.6 Å². The Bertz CT molecular complexity index is 1490. The van der Waals surface area contributed by atoms with E-state index in [4.69, 9.17) is 10.7 Å². The van der Waals surface area contributed by atoms with Crippen molar-refractivity contribution in [3.05, 3.63) is 41.1 Å². The lowest BCUT2D eigenvalue weighted by Gasteiger charge is -2.24. The first-order valence-corrected chi connectivity index (χ1v) is 14.3. The van der Waals surface area contributed by atoms with Gasteiger partial charge in [0.25, 0.3) is 5.91 Å². The van der Waals surface area contributed by atoms with Crippen molar-refractivity contribution in [2.75, 3.05) is 23.3 Å². The molecule has 3 N–H and O–H groups in total. The average molecular weight is 510 g/mol. The number of fused-ring (bicyclic) bond motifs is 2. The maximum absolute atomic E-state index is 13.5. The first-order chi connectivity index (χ1) is 17.1. The number of anilines is 2. The summed E-state index contributed by atoms with van der Waals surface area (Å²) in [6.45, 7) is 3.13. The number of nitrogen functional groups attached to an aromatic ring is 1. The van der Waals surface area contributed by atoms with Gasteiger partial charge in [0, 0.05) is 44.0 Å². The summed E-state index contributed by atoms with van der Waals surface area (Å²) in [5, 5.41) is 7.87. The van der Waals surface area contributed by atoms with E-state index in [1.807, 2.05) is 23.2 Å². The van der Waals surface area contributed by atoms with Crippen molar-refractivity contribution >= 4 is 33.1 Å². The molecular weight excluding hydrogens is 478 g/mol. The third-order valence-corrected chi connectivity index (χ3v) is 8.89. The molecule has 36 heavy (non-hydrogen) atoms. The van der Waals surface area contributed by atoms with Crippen LogP contribution in [0.4, 0.5) is 11.5 Å². The van der Waals surface area contributed by atoms with Gasteiger partial charge in [0.05, 0.1) is 28.8 Å².